The summed E-state index contributed by atoms with van der Waals surface area (Å²) < 4.78 is 0. The number of aryl methyl sites for hydroxylation is 1. The molecule has 2 heterocycles. The molecule has 0 amide bonds. The zero-order valence-electron chi connectivity index (χ0n) is 8.84. The molecule has 0 radical (unpaired) electrons. The summed E-state index contributed by atoms with van der Waals surface area (Å²) in [5.74, 6) is 0. The largest absolute Gasteiger partial charge is 0.241 e. The van der Waals surface area contributed by atoms with E-state index < -0.39 is 0 Å². The number of hydrogen-bond acceptors (Lipinski definition) is 3. The number of rotatable bonds is 1. The van der Waals surface area contributed by atoms with Gasteiger partial charge in [-0.05, 0) is 12.5 Å². The van der Waals surface area contributed by atoms with E-state index in [2.05, 4.69) is 39.6 Å². The van der Waals surface area contributed by atoms with Gasteiger partial charge in [0.15, 0.2) is 0 Å². The molecule has 0 aliphatic heterocycles. The van der Waals surface area contributed by atoms with Crippen LogP contribution in [0, 0.1) is 6.92 Å². The minimum absolute atomic E-state index is 1.05. The second-order valence-corrected chi connectivity index (χ2v) is 4.51. The highest BCUT2D eigenvalue weighted by Gasteiger charge is 2.09. The number of benzene rings is 1. The fourth-order valence-corrected chi connectivity index (χ4v) is 2.82. The first kappa shape index (κ1) is 9.48. The lowest BCUT2D eigenvalue weighted by Crippen LogP contribution is -1.84. The van der Waals surface area contributed by atoms with E-state index in [4.69, 9.17) is 0 Å². The maximum Gasteiger partial charge on any atom is 0.127 e. The molecule has 0 aliphatic carbocycles. The predicted octanol–water partition coefficient (Wildman–Crippen LogP) is 3.67. The Hall–Kier alpha value is -1.74. The topological polar surface area (TPSA) is 25.8 Å². The van der Waals surface area contributed by atoms with Gasteiger partial charge in [-0.3, -0.25) is 0 Å². The third kappa shape index (κ3) is 1.41. The molecule has 78 valence electrons. The van der Waals surface area contributed by atoms with E-state index in [0.29, 0.717) is 0 Å². The van der Waals surface area contributed by atoms with E-state index in [1.54, 1.807) is 17.7 Å². The van der Waals surface area contributed by atoms with Crippen LogP contribution in [0.5, 0.6) is 0 Å². The summed E-state index contributed by atoms with van der Waals surface area (Å²) in [6.07, 6.45) is 1.63. The highest BCUT2D eigenvalue weighted by Crippen LogP contribution is 2.33. The first-order valence-corrected chi connectivity index (χ1v) is 5.98. The fraction of sp³-hybridized carbons (Fsp3) is 0.0769. The van der Waals surface area contributed by atoms with E-state index in [1.165, 1.54) is 16.5 Å². The molecule has 0 spiro atoms. The molecule has 0 unspecified atom stereocenters. The monoisotopic (exact) mass is 226 g/mol. The van der Waals surface area contributed by atoms with Gasteiger partial charge in [0.05, 0.1) is 0 Å². The molecule has 16 heavy (non-hydrogen) atoms. The van der Waals surface area contributed by atoms with Gasteiger partial charge in [-0.2, -0.15) is 0 Å². The van der Waals surface area contributed by atoms with Crippen LogP contribution in [0.2, 0.25) is 0 Å². The summed E-state index contributed by atoms with van der Waals surface area (Å²) in [6.45, 7) is 2.03. The normalized spacial score (nSPS) is 10.8. The molecule has 3 rings (SSSR count). The number of hydrogen-bond donors (Lipinski definition) is 0. The summed E-state index contributed by atoms with van der Waals surface area (Å²) in [4.78, 5) is 9.62. The number of fused-ring (bicyclic) bond motifs is 1. The zero-order valence-corrected chi connectivity index (χ0v) is 9.66. The Labute approximate surface area is 97.6 Å². The van der Waals surface area contributed by atoms with E-state index in [-0.39, 0.29) is 0 Å². The Morgan fingerprint density at radius 1 is 1.06 bits per heavy atom. The van der Waals surface area contributed by atoms with Crippen LogP contribution in [-0.2, 0) is 0 Å². The Balaban J connectivity index is 2.33. The fourth-order valence-electron chi connectivity index (χ4n) is 1.85. The van der Waals surface area contributed by atoms with E-state index in [1.807, 2.05) is 13.0 Å². The Bertz CT molecular complexity index is 629. The third-order valence-electron chi connectivity index (χ3n) is 2.64. The lowest BCUT2D eigenvalue weighted by Gasteiger charge is -2.00. The molecule has 3 heteroatoms. The summed E-state index contributed by atoms with van der Waals surface area (Å²) in [6, 6.07) is 10.4. The van der Waals surface area contributed by atoms with Crippen molar-refractivity contribution in [1.29, 1.82) is 0 Å². The zero-order chi connectivity index (χ0) is 11.0. The lowest BCUT2D eigenvalue weighted by atomic mass is 10.1. The van der Waals surface area contributed by atoms with Crippen molar-refractivity contribution in [3.05, 3.63) is 47.7 Å². The van der Waals surface area contributed by atoms with Crippen LogP contribution in [0.25, 0.3) is 21.3 Å². The average Bonchev–Trinajstić information content (AvgIpc) is 2.75. The summed E-state index contributed by atoms with van der Waals surface area (Å²) in [7, 11) is 0. The molecular formula is C13H10N2S. The van der Waals surface area contributed by atoms with Crippen LogP contribution in [0.4, 0.5) is 0 Å². The SMILES string of the molecule is Cc1ncnc2scc(-c3ccccc3)c12. The lowest BCUT2D eigenvalue weighted by molar-refractivity contribution is 1.16. The van der Waals surface area contributed by atoms with Gasteiger partial charge < -0.3 is 0 Å². The maximum absolute atomic E-state index is 4.30. The molecular weight excluding hydrogens is 216 g/mol. The van der Waals surface area contributed by atoms with Gasteiger partial charge in [-0.15, -0.1) is 11.3 Å². The van der Waals surface area contributed by atoms with Crippen molar-refractivity contribution in [2.75, 3.05) is 0 Å². The van der Waals surface area contributed by atoms with Gasteiger partial charge in [0.2, 0.25) is 0 Å². The second-order valence-electron chi connectivity index (χ2n) is 3.65. The van der Waals surface area contributed by atoms with Crippen molar-refractivity contribution in [2.45, 2.75) is 6.92 Å². The number of thiophene rings is 1. The number of nitrogens with zero attached hydrogens (tertiary/aromatic N) is 2. The van der Waals surface area contributed by atoms with E-state index >= 15 is 0 Å². The predicted molar refractivity (Wildman–Crippen MR) is 67.6 cm³/mol. The molecule has 2 nitrogen and oxygen atoms in total. The summed E-state index contributed by atoms with van der Waals surface area (Å²) in [5.41, 5.74) is 3.51. The average molecular weight is 226 g/mol. The standard InChI is InChI=1S/C13H10N2S/c1-9-12-11(10-5-3-2-4-6-10)7-16-13(12)15-8-14-9/h2-8H,1H3. The molecule has 2 aromatic heterocycles. The molecule has 0 aliphatic rings. The molecule has 0 saturated heterocycles. The summed E-state index contributed by atoms with van der Waals surface area (Å²) in [5, 5.41) is 3.33. The Morgan fingerprint density at radius 3 is 2.69 bits per heavy atom. The minimum Gasteiger partial charge on any atom is -0.241 e. The molecule has 0 saturated carbocycles. The van der Waals surface area contributed by atoms with Crippen molar-refractivity contribution < 1.29 is 0 Å². The van der Waals surface area contributed by atoms with Crippen molar-refractivity contribution in [2.24, 2.45) is 0 Å². The number of aromatic nitrogens is 2. The van der Waals surface area contributed by atoms with Crippen molar-refractivity contribution in [3.63, 3.8) is 0 Å². The van der Waals surface area contributed by atoms with Gasteiger partial charge in [0, 0.05) is 22.0 Å². The van der Waals surface area contributed by atoms with Crippen molar-refractivity contribution >= 4 is 21.6 Å². The van der Waals surface area contributed by atoms with E-state index in [9.17, 15) is 0 Å². The van der Waals surface area contributed by atoms with Gasteiger partial charge in [0.25, 0.3) is 0 Å². The van der Waals surface area contributed by atoms with Crippen LogP contribution < -0.4 is 0 Å². The second kappa shape index (κ2) is 3.68. The first-order chi connectivity index (χ1) is 7.86. The van der Waals surface area contributed by atoms with Gasteiger partial charge >= 0.3 is 0 Å². The van der Waals surface area contributed by atoms with Crippen LogP contribution in [-0.4, -0.2) is 9.97 Å². The summed E-state index contributed by atoms with van der Waals surface area (Å²) >= 11 is 1.67. The van der Waals surface area contributed by atoms with Crippen LogP contribution >= 0.6 is 11.3 Å². The van der Waals surface area contributed by atoms with Crippen LogP contribution in [0.3, 0.4) is 0 Å². The van der Waals surface area contributed by atoms with Gasteiger partial charge in [-0.25, -0.2) is 9.97 Å². The molecule has 0 bridgehead atoms. The molecule has 1 aromatic carbocycles. The van der Waals surface area contributed by atoms with Crippen molar-refractivity contribution in [1.82, 2.24) is 9.97 Å². The smallest absolute Gasteiger partial charge is 0.127 e. The quantitative estimate of drug-likeness (QED) is 0.632. The van der Waals surface area contributed by atoms with Crippen molar-refractivity contribution in [3.8, 4) is 11.1 Å². The minimum atomic E-state index is 1.05. The third-order valence-corrected chi connectivity index (χ3v) is 3.53. The highest BCUT2D eigenvalue weighted by molar-refractivity contribution is 7.17. The Morgan fingerprint density at radius 2 is 1.88 bits per heavy atom. The molecule has 0 N–H and O–H groups in total. The first-order valence-electron chi connectivity index (χ1n) is 5.10. The molecule has 3 aromatic rings. The van der Waals surface area contributed by atoms with Gasteiger partial charge in [-0.1, -0.05) is 30.3 Å². The van der Waals surface area contributed by atoms with E-state index in [0.717, 1.165) is 10.5 Å². The van der Waals surface area contributed by atoms with Crippen LogP contribution in [0.1, 0.15) is 5.69 Å². The van der Waals surface area contributed by atoms with Gasteiger partial charge in [0.1, 0.15) is 11.2 Å². The molecule has 0 atom stereocenters. The highest BCUT2D eigenvalue weighted by atomic mass is 32.1. The maximum atomic E-state index is 4.30. The van der Waals surface area contributed by atoms with Crippen LogP contribution in [0.15, 0.2) is 42.0 Å². The molecule has 0 fully saturated rings. The Kier molecular flexibility index (Phi) is 2.18.